The minimum Gasteiger partial charge on any atom is -0.292 e. The van der Waals surface area contributed by atoms with E-state index >= 15 is 0 Å². The van der Waals surface area contributed by atoms with E-state index in [9.17, 15) is 0 Å². The van der Waals surface area contributed by atoms with E-state index in [2.05, 4.69) is 34.9 Å². The second kappa shape index (κ2) is 4.04. The molecule has 17 heavy (non-hydrogen) atoms. The molecule has 2 heterocycles. The number of hydrogen-bond donors (Lipinski definition) is 0. The van der Waals surface area contributed by atoms with Crippen LogP contribution in [0.4, 0.5) is 0 Å². The maximum atomic E-state index is 6.36. The van der Waals surface area contributed by atoms with Gasteiger partial charge in [-0.3, -0.25) is 4.99 Å². The molecule has 0 fully saturated rings. The highest BCUT2D eigenvalue weighted by molar-refractivity contribution is 8.38. The number of allylic oxidation sites excluding steroid dienone is 2. The molecule has 2 aliphatic heterocycles. The lowest BCUT2D eigenvalue weighted by atomic mass is 10.2. The molecular formula is C14H14ClNS. The summed E-state index contributed by atoms with van der Waals surface area (Å²) in [6, 6.07) is 8.20. The molecule has 1 unspecified atom stereocenters. The molecule has 3 heteroatoms. The van der Waals surface area contributed by atoms with Crippen molar-refractivity contribution in [3.8, 4) is 0 Å². The number of aliphatic imine (C=N–C) groups is 1. The minimum atomic E-state index is -1.04. The fraction of sp³-hybridized carbons (Fsp3) is 0.214. The summed E-state index contributed by atoms with van der Waals surface area (Å²) in [4.78, 5) is 7.15. The number of dihydropyridines is 1. The Morgan fingerprint density at radius 1 is 1.29 bits per heavy atom. The summed E-state index contributed by atoms with van der Waals surface area (Å²) in [6.45, 7) is 0.910. The molecule has 0 N–H and O–H groups in total. The molecule has 1 aromatic carbocycles. The van der Waals surface area contributed by atoms with E-state index in [1.165, 1.54) is 15.4 Å². The lowest BCUT2D eigenvalue weighted by molar-refractivity contribution is 0.980. The van der Waals surface area contributed by atoms with Crippen LogP contribution in [-0.4, -0.2) is 19.0 Å². The van der Waals surface area contributed by atoms with E-state index in [4.69, 9.17) is 11.6 Å². The van der Waals surface area contributed by atoms with Crippen LogP contribution in [0, 0.1) is 0 Å². The van der Waals surface area contributed by atoms with Gasteiger partial charge in [-0.15, -0.1) is 0 Å². The van der Waals surface area contributed by atoms with E-state index in [1.807, 2.05) is 18.3 Å². The summed E-state index contributed by atoms with van der Waals surface area (Å²) in [6.07, 6.45) is 7.60. The van der Waals surface area contributed by atoms with Crippen molar-refractivity contribution in [2.24, 2.45) is 4.99 Å². The Balaban J connectivity index is 2.15. The molecule has 1 atom stereocenters. The molecule has 0 spiro atoms. The standard InChI is InChI=1S/C14H14ClNS/c1-17(14-5-3-2-4-12(14)15)9-7-11-10-16-8-6-13(11)17/h2-5,7,9-10H,6,8H2,1H3. The summed E-state index contributed by atoms with van der Waals surface area (Å²) < 4.78 is 0. The summed E-state index contributed by atoms with van der Waals surface area (Å²) >= 11 is 6.36. The molecule has 0 saturated heterocycles. The molecule has 0 saturated carbocycles. The predicted molar refractivity (Wildman–Crippen MR) is 77.4 cm³/mol. The van der Waals surface area contributed by atoms with Gasteiger partial charge in [0.15, 0.2) is 0 Å². The third kappa shape index (κ3) is 1.67. The van der Waals surface area contributed by atoms with Crippen LogP contribution >= 0.6 is 21.6 Å². The second-order valence-electron chi connectivity index (χ2n) is 4.38. The number of benzene rings is 1. The van der Waals surface area contributed by atoms with Crippen LogP contribution in [-0.2, 0) is 0 Å². The normalized spacial score (nSPS) is 30.2. The highest BCUT2D eigenvalue weighted by atomic mass is 35.5. The van der Waals surface area contributed by atoms with Crippen LogP contribution in [0.2, 0.25) is 5.02 Å². The first-order valence-corrected chi connectivity index (χ1v) is 8.14. The van der Waals surface area contributed by atoms with Gasteiger partial charge < -0.3 is 0 Å². The molecule has 1 aromatic rings. The number of halogens is 1. The van der Waals surface area contributed by atoms with Gasteiger partial charge in [-0.1, -0.05) is 23.7 Å². The maximum Gasteiger partial charge on any atom is 0.0532 e. The highest BCUT2D eigenvalue weighted by Crippen LogP contribution is 2.67. The van der Waals surface area contributed by atoms with E-state index in [1.54, 1.807) is 0 Å². The smallest absolute Gasteiger partial charge is 0.0532 e. The van der Waals surface area contributed by atoms with Crippen molar-refractivity contribution in [3.05, 3.63) is 51.3 Å². The third-order valence-electron chi connectivity index (χ3n) is 3.35. The van der Waals surface area contributed by atoms with E-state index in [-0.39, 0.29) is 0 Å². The summed E-state index contributed by atoms with van der Waals surface area (Å²) in [5, 5.41) is 3.21. The number of hydrogen-bond acceptors (Lipinski definition) is 1. The van der Waals surface area contributed by atoms with Crippen LogP contribution < -0.4 is 0 Å². The van der Waals surface area contributed by atoms with Gasteiger partial charge in [-0.25, -0.2) is 0 Å². The Bertz CT molecular complexity index is 559. The Labute approximate surface area is 108 Å². The van der Waals surface area contributed by atoms with E-state index < -0.39 is 10.0 Å². The molecule has 2 aliphatic rings. The lowest BCUT2D eigenvalue weighted by Gasteiger charge is -2.34. The number of rotatable bonds is 1. The Hall–Kier alpha value is -0.990. The van der Waals surface area contributed by atoms with E-state index in [0.29, 0.717) is 0 Å². The molecular weight excluding hydrogens is 250 g/mol. The van der Waals surface area contributed by atoms with Crippen LogP contribution in [0.1, 0.15) is 6.42 Å². The van der Waals surface area contributed by atoms with Crippen LogP contribution in [0.25, 0.3) is 0 Å². The zero-order valence-electron chi connectivity index (χ0n) is 9.69. The zero-order valence-corrected chi connectivity index (χ0v) is 11.3. The van der Waals surface area contributed by atoms with Crippen molar-refractivity contribution in [1.29, 1.82) is 0 Å². The summed E-state index contributed by atoms with van der Waals surface area (Å²) in [7, 11) is -1.04. The fourth-order valence-electron chi connectivity index (χ4n) is 2.42. The van der Waals surface area contributed by atoms with Crippen molar-refractivity contribution in [3.63, 3.8) is 0 Å². The Morgan fingerprint density at radius 3 is 2.94 bits per heavy atom. The summed E-state index contributed by atoms with van der Waals surface area (Å²) in [5.41, 5.74) is 1.30. The average molecular weight is 264 g/mol. The fourth-order valence-corrected chi connectivity index (χ4v) is 6.00. The molecule has 0 bridgehead atoms. The monoisotopic (exact) mass is 263 g/mol. The minimum absolute atomic E-state index is 0.880. The van der Waals surface area contributed by atoms with Gasteiger partial charge in [0, 0.05) is 23.2 Å². The average Bonchev–Trinajstić information content (AvgIpc) is 2.70. The van der Waals surface area contributed by atoms with Gasteiger partial charge in [0.25, 0.3) is 0 Å². The van der Waals surface area contributed by atoms with Crippen LogP contribution in [0.3, 0.4) is 0 Å². The Morgan fingerprint density at radius 2 is 2.12 bits per heavy atom. The van der Waals surface area contributed by atoms with Gasteiger partial charge in [-0.2, -0.15) is 10.0 Å². The van der Waals surface area contributed by atoms with Gasteiger partial charge in [0.05, 0.1) is 5.02 Å². The predicted octanol–water partition coefficient (Wildman–Crippen LogP) is 4.39. The first-order valence-electron chi connectivity index (χ1n) is 5.66. The molecule has 0 radical (unpaired) electrons. The third-order valence-corrected chi connectivity index (χ3v) is 7.20. The SMILES string of the molecule is CS1(c2ccccc2Cl)C=CC2=C1CCN=C2. The van der Waals surface area contributed by atoms with Gasteiger partial charge in [-0.05, 0) is 41.2 Å². The van der Waals surface area contributed by atoms with Gasteiger partial charge >= 0.3 is 0 Å². The van der Waals surface area contributed by atoms with Crippen molar-refractivity contribution in [2.45, 2.75) is 11.3 Å². The quantitative estimate of drug-likeness (QED) is 0.713. The molecule has 0 amide bonds. The molecule has 1 nitrogen and oxygen atoms in total. The summed E-state index contributed by atoms with van der Waals surface area (Å²) in [5.74, 6) is 0. The largest absolute Gasteiger partial charge is 0.292 e. The van der Waals surface area contributed by atoms with Crippen molar-refractivity contribution < 1.29 is 0 Å². The van der Waals surface area contributed by atoms with Gasteiger partial charge in [0.1, 0.15) is 0 Å². The number of nitrogens with zero attached hydrogens (tertiary/aromatic N) is 1. The highest BCUT2D eigenvalue weighted by Gasteiger charge is 2.31. The van der Waals surface area contributed by atoms with Crippen molar-refractivity contribution in [2.75, 3.05) is 12.8 Å². The topological polar surface area (TPSA) is 12.4 Å². The van der Waals surface area contributed by atoms with Crippen molar-refractivity contribution >= 4 is 27.8 Å². The molecule has 88 valence electrons. The second-order valence-corrected chi connectivity index (χ2v) is 7.95. The van der Waals surface area contributed by atoms with Crippen molar-refractivity contribution in [1.82, 2.24) is 0 Å². The first-order chi connectivity index (χ1) is 8.22. The van der Waals surface area contributed by atoms with Crippen LogP contribution in [0.15, 0.2) is 56.1 Å². The Kier molecular flexibility index (Phi) is 2.64. The zero-order chi connectivity index (χ0) is 11.9. The van der Waals surface area contributed by atoms with Crippen LogP contribution in [0.5, 0.6) is 0 Å². The van der Waals surface area contributed by atoms with Gasteiger partial charge in [0.2, 0.25) is 0 Å². The molecule has 0 aromatic heterocycles. The lowest BCUT2D eigenvalue weighted by Crippen LogP contribution is -2.04. The first kappa shape index (κ1) is 11.1. The maximum absolute atomic E-state index is 6.36. The molecule has 3 rings (SSSR count). The van der Waals surface area contributed by atoms with E-state index in [0.717, 1.165) is 18.0 Å². The molecule has 0 aliphatic carbocycles.